The molecule has 0 bridgehead atoms. The molecule has 0 saturated heterocycles. The number of pyridine rings is 1. The third-order valence-corrected chi connectivity index (χ3v) is 3.24. The fraction of sp³-hybridized carbons (Fsp3) is 0.182. The van der Waals surface area contributed by atoms with E-state index in [0.717, 1.165) is 35.2 Å². The van der Waals surface area contributed by atoms with Gasteiger partial charge >= 0.3 is 0 Å². The highest BCUT2D eigenvalue weighted by Crippen LogP contribution is 2.23. The summed E-state index contributed by atoms with van der Waals surface area (Å²) in [6.07, 6.45) is 3.56. The normalized spacial score (nSPS) is 14.6. The van der Waals surface area contributed by atoms with Crippen LogP contribution in [0.15, 0.2) is 34.9 Å². The smallest absolute Gasteiger partial charge is 0.148 e. The second kappa shape index (κ2) is 4.02. The van der Waals surface area contributed by atoms with Gasteiger partial charge in [0.2, 0.25) is 0 Å². The van der Waals surface area contributed by atoms with Gasteiger partial charge in [-0.15, -0.1) is 11.3 Å². The molecule has 0 unspecified atom stereocenters. The van der Waals surface area contributed by atoms with Gasteiger partial charge in [0, 0.05) is 29.9 Å². The molecule has 0 atom stereocenters. The molecular weight excluding hydrogens is 220 g/mol. The first-order valence-corrected chi connectivity index (χ1v) is 5.96. The van der Waals surface area contributed by atoms with Crippen LogP contribution in [-0.2, 0) is 0 Å². The van der Waals surface area contributed by atoms with Gasteiger partial charge < -0.3 is 5.32 Å². The molecule has 0 amide bonds. The summed E-state index contributed by atoms with van der Waals surface area (Å²) in [6.45, 7) is 1.76. The van der Waals surface area contributed by atoms with Gasteiger partial charge in [0.15, 0.2) is 0 Å². The van der Waals surface area contributed by atoms with Crippen molar-refractivity contribution in [1.29, 1.82) is 0 Å². The molecule has 0 spiro atoms. The Morgan fingerprint density at radius 3 is 2.88 bits per heavy atom. The predicted molar refractivity (Wildman–Crippen MR) is 64.8 cm³/mol. The van der Waals surface area contributed by atoms with Crippen molar-refractivity contribution in [3.63, 3.8) is 0 Å². The Kier molecular flexibility index (Phi) is 2.38. The van der Waals surface area contributed by atoms with Crippen LogP contribution in [0.3, 0.4) is 0 Å². The Balaban J connectivity index is 1.94. The van der Waals surface area contributed by atoms with Crippen LogP contribution in [0.5, 0.6) is 0 Å². The maximum absolute atomic E-state index is 4.56. The van der Waals surface area contributed by atoms with Crippen LogP contribution < -0.4 is 5.32 Å². The highest BCUT2D eigenvalue weighted by molar-refractivity contribution is 7.13. The minimum absolute atomic E-state index is 0.845. The second-order valence-corrected chi connectivity index (χ2v) is 4.29. The minimum Gasteiger partial charge on any atom is -0.367 e. The van der Waals surface area contributed by atoms with Crippen molar-refractivity contribution in [2.75, 3.05) is 13.1 Å². The maximum atomic E-state index is 4.56. The van der Waals surface area contributed by atoms with Crippen LogP contribution in [0.2, 0.25) is 0 Å². The second-order valence-electron chi connectivity index (χ2n) is 3.43. The Hall–Kier alpha value is -1.75. The number of thiazole rings is 1. The first-order chi connectivity index (χ1) is 7.93. The SMILES string of the molecule is c1cc(-c2nc(C3=NCCN3)cs2)ccn1. The molecule has 5 heteroatoms. The van der Waals surface area contributed by atoms with Gasteiger partial charge in [-0.2, -0.15) is 0 Å². The molecule has 0 saturated carbocycles. The fourth-order valence-corrected chi connectivity index (χ4v) is 2.39. The van der Waals surface area contributed by atoms with E-state index in [1.54, 1.807) is 23.7 Å². The number of nitrogens with zero attached hydrogens (tertiary/aromatic N) is 3. The average molecular weight is 230 g/mol. The molecule has 1 N–H and O–H groups in total. The zero-order chi connectivity index (χ0) is 10.8. The number of hydrogen-bond acceptors (Lipinski definition) is 5. The first kappa shape index (κ1) is 9.47. The Labute approximate surface area is 97.1 Å². The van der Waals surface area contributed by atoms with Crippen LogP contribution in [0.4, 0.5) is 0 Å². The number of hydrogen-bond donors (Lipinski definition) is 1. The zero-order valence-electron chi connectivity index (χ0n) is 8.55. The summed E-state index contributed by atoms with van der Waals surface area (Å²) in [5.41, 5.74) is 2.04. The summed E-state index contributed by atoms with van der Waals surface area (Å²) >= 11 is 1.63. The van der Waals surface area contributed by atoms with E-state index in [9.17, 15) is 0 Å². The molecule has 2 aromatic heterocycles. The summed E-state index contributed by atoms with van der Waals surface area (Å²) in [6, 6.07) is 3.93. The van der Waals surface area contributed by atoms with Crippen molar-refractivity contribution in [3.05, 3.63) is 35.6 Å². The van der Waals surface area contributed by atoms with E-state index >= 15 is 0 Å². The molecule has 1 aliphatic heterocycles. The molecule has 4 nitrogen and oxygen atoms in total. The molecule has 0 aromatic carbocycles. The summed E-state index contributed by atoms with van der Waals surface area (Å²) in [5.74, 6) is 0.913. The quantitative estimate of drug-likeness (QED) is 0.851. The summed E-state index contributed by atoms with van der Waals surface area (Å²) in [7, 11) is 0. The van der Waals surface area contributed by atoms with E-state index in [4.69, 9.17) is 0 Å². The zero-order valence-corrected chi connectivity index (χ0v) is 9.37. The molecule has 2 aromatic rings. The van der Waals surface area contributed by atoms with Gasteiger partial charge in [-0.05, 0) is 12.1 Å². The first-order valence-electron chi connectivity index (χ1n) is 5.08. The molecule has 0 fully saturated rings. The maximum Gasteiger partial charge on any atom is 0.148 e. The Bertz CT molecular complexity index is 518. The van der Waals surface area contributed by atoms with Crippen LogP contribution in [0.1, 0.15) is 5.69 Å². The van der Waals surface area contributed by atoms with Crippen LogP contribution >= 0.6 is 11.3 Å². The van der Waals surface area contributed by atoms with Gasteiger partial charge in [-0.25, -0.2) is 4.98 Å². The summed E-state index contributed by atoms with van der Waals surface area (Å²) < 4.78 is 0. The van der Waals surface area contributed by atoms with Gasteiger partial charge in [0.05, 0.1) is 6.54 Å². The highest BCUT2D eigenvalue weighted by atomic mass is 32.1. The van der Waals surface area contributed by atoms with Crippen molar-refractivity contribution in [2.45, 2.75) is 0 Å². The number of amidine groups is 1. The van der Waals surface area contributed by atoms with Crippen LogP contribution in [-0.4, -0.2) is 28.9 Å². The monoisotopic (exact) mass is 230 g/mol. The van der Waals surface area contributed by atoms with E-state index in [2.05, 4.69) is 20.3 Å². The Morgan fingerprint density at radius 2 is 2.12 bits per heavy atom. The highest BCUT2D eigenvalue weighted by Gasteiger charge is 2.12. The molecule has 0 radical (unpaired) electrons. The molecule has 0 aliphatic carbocycles. The van der Waals surface area contributed by atoms with Crippen molar-refractivity contribution >= 4 is 17.2 Å². The van der Waals surface area contributed by atoms with E-state index in [-0.39, 0.29) is 0 Å². The van der Waals surface area contributed by atoms with E-state index < -0.39 is 0 Å². The summed E-state index contributed by atoms with van der Waals surface area (Å²) in [4.78, 5) is 12.9. The number of rotatable bonds is 2. The lowest BCUT2D eigenvalue weighted by Gasteiger charge is -1.96. The fourth-order valence-electron chi connectivity index (χ4n) is 1.58. The predicted octanol–water partition coefficient (Wildman–Crippen LogP) is 1.55. The van der Waals surface area contributed by atoms with Crippen molar-refractivity contribution in [3.8, 4) is 10.6 Å². The van der Waals surface area contributed by atoms with E-state index in [0.29, 0.717) is 0 Å². The molecule has 80 valence electrons. The van der Waals surface area contributed by atoms with Crippen molar-refractivity contribution in [1.82, 2.24) is 15.3 Å². The molecule has 3 heterocycles. The standard InChI is InChI=1S/C11H10N4S/c1-3-12-4-2-8(1)11-15-9(7-16-11)10-13-5-6-14-10/h1-4,7H,5-6H2,(H,13,14). The largest absolute Gasteiger partial charge is 0.367 e. The van der Waals surface area contributed by atoms with Crippen molar-refractivity contribution < 1.29 is 0 Å². The lowest BCUT2D eigenvalue weighted by molar-refractivity contribution is 0.959. The molecule has 16 heavy (non-hydrogen) atoms. The van der Waals surface area contributed by atoms with Crippen LogP contribution in [0.25, 0.3) is 10.6 Å². The lowest BCUT2D eigenvalue weighted by atomic mass is 10.3. The number of aromatic nitrogens is 2. The van der Waals surface area contributed by atoms with Gasteiger partial charge in [0.25, 0.3) is 0 Å². The molecule has 1 aliphatic rings. The van der Waals surface area contributed by atoms with Gasteiger partial charge in [-0.3, -0.25) is 9.98 Å². The third kappa shape index (κ3) is 1.69. The van der Waals surface area contributed by atoms with Crippen molar-refractivity contribution in [2.24, 2.45) is 4.99 Å². The lowest BCUT2D eigenvalue weighted by Crippen LogP contribution is -2.19. The summed E-state index contributed by atoms with van der Waals surface area (Å²) in [5, 5.41) is 6.26. The third-order valence-electron chi connectivity index (χ3n) is 2.35. The molecule has 3 rings (SSSR count). The minimum atomic E-state index is 0.845. The van der Waals surface area contributed by atoms with Gasteiger partial charge in [-0.1, -0.05) is 0 Å². The van der Waals surface area contributed by atoms with E-state index in [1.165, 1.54) is 0 Å². The average Bonchev–Trinajstić information content (AvgIpc) is 3.01. The Morgan fingerprint density at radius 1 is 1.25 bits per heavy atom. The van der Waals surface area contributed by atoms with Crippen LogP contribution in [0, 0.1) is 0 Å². The van der Waals surface area contributed by atoms with E-state index in [1.807, 2.05) is 17.5 Å². The molecular formula is C11H10N4S. The topological polar surface area (TPSA) is 50.2 Å². The number of nitrogens with one attached hydrogen (secondary N) is 1. The van der Waals surface area contributed by atoms with Gasteiger partial charge in [0.1, 0.15) is 16.5 Å². The number of aliphatic imine (C=N–C) groups is 1.